The van der Waals surface area contributed by atoms with Crippen LogP contribution in [-0.2, 0) is 10.0 Å². The number of sulfonamides is 1. The van der Waals surface area contributed by atoms with E-state index in [0.29, 0.717) is 28.7 Å². The molecule has 0 saturated heterocycles. The lowest BCUT2D eigenvalue weighted by Gasteiger charge is -2.11. The molecule has 2 N–H and O–H groups in total. The van der Waals surface area contributed by atoms with Crippen LogP contribution in [0.25, 0.3) is 11.1 Å². The first-order chi connectivity index (χ1) is 10.3. The number of carbonyl (C=O) groups excluding carboxylic acids is 1. The molecule has 2 aromatic rings. The van der Waals surface area contributed by atoms with E-state index in [1.807, 2.05) is 0 Å². The van der Waals surface area contributed by atoms with Crippen molar-refractivity contribution in [2.24, 2.45) is 0 Å². The average Bonchev–Trinajstić information content (AvgIpc) is 2.46. The smallest absolute Gasteiger partial charge is 0.229 e. The lowest BCUT2D eigenvalue weighted by atomic mass is 9.99. The highest BCUT2D eigenvalue weighted by Gasteiger charge is 2.11. The number of nitrogens with one attached hydrogen (secondary N) is 1. The van der Waals surface area contributed by atoms with Crippen LogP contribution in [0.15, 0.2) is 36.4 Å². The number of carbonyl (C=O) groups is 1. The van der Waals surface area contributed by atoms with Gasteiger partial charge in [-0.1, -0.05) is 12.1 Å². The summed E-state index contributed by atoms with van der Waals surface area (Å²) >= 11 is 0. The van der Waals surface area contributed by atoms with E-state index in [9.17, 15) is 18.3 Å². The standard InChI is InChI=1S/C15H15NO5S/c1-21-15-7-11(9-17)13(8-14(15)18)10-3-5-12(6-4-10)16-22(2,19)20/h3-9,16,18H,1-2H3. The molecule has 6 nitrogen and oxygen atoms in total. The lowest BCUT2D eigenvalue weighted by Crippen LogP contribution is -2.09. The summed E-state index contributed by atoms with van der Waals surface area (Å²) in [5, 5.41) is 9.85. The van der Waals surface area contributed by atoms with Crippen molar-refractivity contribution >= 4 is 22.0 Å². The Balaban J connectivity index is 2.44. The molecular weight excluding hydrogens is 306 g/mol. The Morgan fingerprint density at radius 3 is 2.32 bits per heavy atom. The molecule has 22 heavy (non-hydrogen) atoms. The highest BCUT2D eigenvalue weighted by Crippen LogP contribution is 2.34. The van der Waals surface area contributed by atoms with Crippen LogP contribution in [0.4, 0.5) is 5.69 Å². The third-order valence-corrected chi connectivity index (χ3v) is 3.58. The molecule has 0 radical (unpaired) electrons. The van der Waals surface area contributed by atoms with Gasteiger partial charge >= 0.3 is 0 Å². The number of benzene rings is 2. The molecule has 116 valence electrons. The fourth-order valence-corrected chi connectivity index (χ4v) is 2.59. The van der Waals surface area contributed by atoms with E-state index in [2.05, 4.69) is 4.72 Å². The van der Waals surface area contributed by atoms with Gasteiger partial charge in [-0.15, -0.1) is 0 Å². The van der Waals surface area contributed by atoms with Crippen LogP contribution in [-0.4, -0.2) is 33.2 Å². The monoisotopic (exact) mass is 321 g/mol. The Bertz CT molecular complexity index is 797. The van der Waals surface area contributed by atoms with Gasteiger partial charge < -0.3 is 9.84 Å². The number of hydrogen-bond acceptors (Lipinski definition) is 5. The van der Waals surface area contributed by atoms with Gasteiger partial charge in [0.05, 0.1) is 13.4 Å². The van der Waals surface area contributed by atoms with E-state index in [4.69, 9.17) is 4.74 Å². The van der Waals surface area contributed by atoms with Crippen LogP contribution in [0.5, 0.6) is 11.5 Å². The number of hydrogen-bond donors (Lipinski definition) is 2. The highest BCUT2D eigenvalue weighted by molar-refractivity contribution is 7.92. The van der Waals surface area contributed by atoms with E-state index in [0.717, 1.165) is 6.26 Å². The summed E-state index contributed by atoms with van der Waals surface area (Å²) in [5.74, 6) is 0.127. The van der Waals surface area contributed by atoms with Crippen molar-refractivity contribution in [2.45, 2.75) is 0 Å². The number of methoxy groups -OCH3 is 1. The minimum atomic E-state index is -3.35. The van der Waals surface area contributed by atoms with Gasteiger partial charge in [-0.05, 0) is 35.4 Å². The van der Waals surface area contributed by atoms with Gasteiger partial charge in [-0.3, -0.25) is 9.52 Å². The van der Waals surface area contributed by atoms with Crippen molar-refractivity contribution in [3.05, 3.63) is 42.0 Å². The molecule has 0 heterocycles. The predicted molar refractivity (Wildman–Crippen MR) is 83.9 cm³/mol. The molecule has 0 aliphatic carbocycles. The zero-order valence-corrected chi connectivity index (χ0v) is 12.8. The Kier molecular flexibility index (Phi) is 4.37. The van der Waals surface area contributed by atoms with Crippen LogP contribution in [0, 0.1) is 0 Å². The maximum Gasteiger partial charge on any atom is 0.229 e. The van der Waals surface area contributed by atoms with Crippen molar-refractivity contribution in [1.29, 1.82) is 0 Å². The zero-order chi connectivity index (χ0) is 16.3. The number of rotatable bonds is 5. The van der Waals surface area contributed by atoms with Crippen LogP contribution < -0.4 is 9.46 Å². The second kappa shape index (κ2) is 6.07. The van der Waals surface area contributed by atoms with E-state index in [1.165, 1.54) is 19.2 Å². The lowest BCUT2D eigenvalue weighted by molar-refractivity contribution is 0.112. The van der Waals surface area contributed by atoms with Crippen LogP contribution in [0.1, 0.15) is 10.4 Å². The van der Waals surface area contributed by atoms with Gasteiger partial charge in [-0.25, -0.2) is 8.42 Å². The highest BCUT2D eigenvalue weighted by atomic mass is 32.2. The molecule has 0 saturated carbocycles. The summed E-state index contributed by atoms with van der Waals surface area (Å²) < 4.78 is 29.7. The molecule has 0 aromatic heterocycles. The minimum Gasteiger partial charge on any atom is -0.504 e. The Hall–Kier alpha value is -2.54. The van der Waals surface area contributed by atoms with Crippen LogP contribution in [0.3, 0.4) is 0 Å². The largest absolute Gasteiger partial charge is 0.504 e. The summed E-state index contributed by atoms with van der Waals surface area (Å²) in [6.45, 7) is 0. The summed E-state index contributed by atoms with van der Waals surface area (Å²) in [6.07, 6.45) is 1.73. The molecule has 0 atom stereocenters. The molecule has 0 unspecified atom stereocenters. The van der Waals surface area contributed by atoms with E-state index >= 15 is 0 Å². The second-order valence-corrected chi connectivity index (χ2v) is 6.43. The van der Waals surface area contributed by atoms with Gasteiger partial charge in [0, 0.05) is 11.3 Å². The third-order valence-electron chi connectivity index (χ3n) is 2.98. The SMILES string of the molecule is COc1cc(C=O)c(-c2ccc(NS(C)(=O)=O)cc2)cc1O. The molecule has 2 aromatic carbocycles. The van der Waals surface area contributed by atoms with E-state index < -0.39 is 10.0 Å². The Morgan fingerprint density at radius 1 is 1.18 bits per heavy atom. The predicted octanol–water partition coefficient (Wildman–Crippen LogP) is 2.25. The van der Waals surface area contributed by atoms with Crippen molar-refractivity contribution in [3.63, 3.8) is 0 Å². The number of anilines is 1. The van der Waals surface area contributed by atoms with Gasteiger partial charge in [0.1, 0.15) is 0 Å². The number of aldehydes is 1. The first kappa shape index (κ1) is 15.8. The van der Waals surface area contributed by atoms with Gasteiger partial charge in [0.2, 0.25) is 10.0 Å². The molecule has 0 aliphatic rings. The van der Waals surface area contributed by atoms with Crippen LogP contribution in [0.2, 0.25) is 0 Å². The summed E-state index contributed by atoms with van der Waals surface area (Å²) in [6, 6.07) is 9.34. The molecule has 2 rings (SSSR count). The quantitative estimate of drug-likeness (QED) is 0.824. The Labute approximate surface area is 128 Å². The number of ether oxygens (including phenoxy) is 1. The van der Waals surface area contributed by atoms with Crippen molar-refractivity contribution in [1.82, 2.24) is 0 Å². The van der Waals surface area contributed by atoms with E-state index in [1.54, 1.807) is 24.3 Å². The van der Waals surface area contributed by atoms with Gasteiger partial charge in [-0.2, -0.15) is 0 Å². The minimum absolute atomic E-state index is 0.0820. The second-order valence-electron chi connectivity index (χ2n) is 4.68. The number of aromatic hydroxyl groups is 1. The maximum absolute atomic E-state index is 11.2. The van der Waals surface area contributed by atoms with Gasteiger partial charge in [0.15, 0.2) is 17.8 Å². The van der Waals surface area contributed by atoms with Crippen molar-refractivity contribution in [3.8, 4) is 22.6 Å². The average molecular weight is 321 g/mol. The molecule has 0 bridgehead atoms. The number of phenolic OH excluding ortho intramolecular Hbond substituents is 1. The first-order valence-electron chi connectivity index (χ1n) is 6.28. The molecule has 7 heteroatoms. The molecule has 0 amide bonds. The fraction of sp³-hybridized carbons (Fsp3) is 0.133. The molecule has 0 fully saturated rings. The van der Waals surface area contributed by atoms with Crippen molar-refractivity contribution < 1.29 is 23.1 Å². The molecule has 0 spiro atoms. The van der Waals surface area contributed by atoms with Crippen LogP contribution >= 0.6 is 0 Å². The summed E-state index contributed by atoms with van der Waals surface area (Å²) in [4.78, 5) is 11.2. The Morgan fingerprint density at radius 2 is 1.82 bits per heavy atom. The normalized spacial score (nSPS) is 11.0. The zero-order valence-electron chi connectivity index (χ0n) is 12.0. The molecule has 0 aliphatic heterocycles. The molecular formula is C15H15NO5S. The number of phenols is 1. The van der Waals surface area contributed by atoms with E-state index in [-0.39, 0.29) is 11.5 Å². The van der Waals surface area contributed by atoms with Gasteiger partial charge in [0.25, 0.3) is 0 Å². The fourth-order valence-electron chi connectivity index (χ4n) is 2.03. The topological polar surface area (TPSA) is 92.7 Å². The third kappa shape index (κ3) is 3.56. The summed E-state index contributed by atoms with van der Waals surface area (Å²) in [5.41, 5.74) is 1.97. The van der Waals surface area contributed by atoms with Crippen molar-refractivity contribution in [2.75, 3.05) is 18.1 Å². The maximum atomic E-state index is 11.2. The summed E-state index contributed by atoms with van der Waals surface area (Å²) in [7, 11) is -1.95. The first-order valence-corrected chi connectivity index (χ1v) is 8.17.